The van der Waals surface area contributed by atoms with Gasteiger partial charge in [0.2, 0.25) is 0 Å². The van der Waals surface area contributed by atoms with Crippen LogP contribution in [0.1, 0.15) is 0 Å². The Hall–Kier alpha value is -0.126. The van der Waals surface area contributed by atoms with Gasteiger partial charge >= 0.3 is 0 Å². The molecule has 0 heterocycles. The van der Waals surface area contributed by atoms with E-state index in [0.29, 0.717) is 0 Å². The zero-order chi connectivity index (χ0) is 8.20. The quantitative estimate of drug-likeness (QED) is 0.590. The molecule has 0 bridgehead atoms. The molecule has 0 aliphatic heterocycles. The highest BCUT2D eigenvalue weighted by Crippen LogP contribution is 2.06. The van der Waals surface area contributed by atoms with E-state index < -0.39 is 17.4 Å². The first-order chi connectivity index (χ1) is 4.52. The van der Waals surface area contributed by atoms with Crippen LogP contribution in [0.3, 0.4) is 0 Å². The summed E-state index contributed by atoms with van der Waals surface area (Å²) in [7, 11) is -2.58. The summed E-state index contributed by atoms with van der Waals surface area (Å²) in [6.45, 7) is 13.9. The molecule has 0 amide bonds. The van der Waals surface area contributed by atoms with Crippen molar-refractivity contribution in [3.05, 3.63) is 24.6 Å². The van der Waals surface area contributed by atoms with Crippen molar-refractivity contribution >= 4 is 17.4 Å². The third-order valence-corrected chi connectivity index (χ3v) is 6.88. The van der Waals surface area contributed by atoms with Gasteiger partial charge in [-0.15, -0.1) is 13.2 Å². The molecule has 0 saturated heterocycles. The van der Waals surface area contributed by atoms with Crippen LogP contribution < -0.4 is 0 Å². The molecule has 0 aliphatic carbocycles. The molecule has 0 rings (SSSR count). The Balaban J connectivity index is 3.86. The van der Waals surface area contributed by atoms with Crippen LogP contribution in [-0.4, -0.2) is 17.4 Å². The van der Waals surface area contributed by atoms with E-state index in [1.807, 2.05) is 11.4 Å². The fourth-order valence-electron chi connectivity index (χ4n) is 0.575. The lowest BCUT2D eigenvalue weighted by Crippen LogP contribution is -2.33. The monoisotopic (exact) mass is 172 g/mol. The smallest absolute Gasteiger partial charge is 0.198 e. The van der Waals surface area contributed by atoms with E-state index in [1.54, 1.807) is 0 Å². The van der Waals surface area contributed by atoms with Gasteiger partial charge in [0.15, 0.2) is 17.4 Å². The Morgan fingerprint density at radius 2 is 1.90 bits per heavy atom. The zero-order valence-electron chi connectivity index (χ0n) is 7.05. The first-order valence-corrected chi connectivity index (χ1v) is 8.73. The lowest BCUT2D eigenvalue weighted by Gasteiger charge is -2.21. The van der Waals surface area contributed by atoms with Crippen molar-refractivity contribution in [3.8, 4) is 0 Å². The summed E-state index contributed by atoms with van der Waals surface area (Å²) in [6.07, 6.45) is 0. The van der Waals surface area contributed by atoms with E-state index in [0.717, 1.165) is 0 Å². The van der Waals surface area contributed by atoms with Crippen molar-refractivity contribution < 1.29 is 4.12 Å². The van der Waals surface area contributed by atoms with Gasteiger partial charge in [-0.05, 0) is 19.6 Å². The van der Waals surface area contributed by atoms with Crippen LogP contribution in [0.5, 0.6) is 0 Å². The maximum Gasteiger partial charge on any atom is 0.198 e. The molecule has 0 aromatic heterocycles. The molecule has 58 valence electrons. The molecule has 1 nitrogen and oxygen atoms in total. The molecule has 0 fully saturated rings. The van der Waals surface area contributed by atoms with Gasteiger partial charge in [-0.25, -0.2) is 0 Å². The summed E-state index contributed by atoms with van der Waals surface area (Å²) in [6, 6.07) is 0. The molecule has 0 N–H and O–H groups in total. The van der Waals surface area contributed by atoms with Gasteiger partial charge in [-0.3, -0.25) is 0 Å². The van der Waals surface area contributed by atoms with Crippen molar-refractivity contribution in [1.82, 2.24) is 0 Å². The lowest BCUT2D eigenvalue weighted by atomic mass is 11.3. The lowest BCUT2D eigenvalue weighted by molar-refractivity contribution is 0.594. The minimum absolute atomic E-state index is 1.07. The maximum atomic E-state index is 5.78. The van der Waals surface area contributed by atoms with Gasteiger partial charge in [0.1, 0.15) is 0 Å². The minimum atomic E-state index is -1.51. The van der Waals surface area contributed by atoms with Crippen molar-refractivity contribution in [1.29, 1.82) is 0 Å². The van der Waals surface area contributed by atoms with Crippen LogP contribution in [-0.2, 0) is 4.12 Å². The van der Waals surface area contributed by atoms with Crippen LogP contribution >= 0.6 is 0 Å². The normalized spacial score (nSPS) is 14.3. The van der Waals surface area contributed by atoms with Gasteiger partial charge in [-0.1, -0.05) is 11.4 Å². The largest absolute Gasteiger partial charge is 0.452 e. The average Bonchev–Trinajstić information content (AvgIpc) is 1.87. The Kier molecular flexibility index (Phi) is 3.85. The van der Waals surface area contributed by atoms with E-state index in [4.69, 9.17) is 4.12 Å². The van der Waals surface area contributed by atoms with Crippen molar-refractivity contribution in [2.75, 3.05) is 0 Å². The highest BCUT2D eigenvalue weighted by molar-refractivity contribution is 6.82. The first-order valence-electron chi connectivity index (χ1n) is 3.46. The van der Waals surface area contributed by atoms with Gasteiger partial charge in [-0.2, -0.15) is 0 Å². The fraction of sp³-hybridized carbons (Fsp3) is 0.429. The minimum Gasteiger partial charge on any atom is -0.452 e. The summed E-state index contributed by atoms with van der Waals surface area (Å²) in [4.78, 5) is 0. The standard InChI is InChI=1S/C7H16OSi2/c1-6-9(3)8-10(4,5)7-2/h6-7,9H,1-2H2,3-5H3. The van der Waals surface area contributed by atoms with Gasteiger partial charge in [0.25, 0.3) is 0 Å². The summed E-state index contributed by atoms with van der Waals surface area (Å²) >= 11 is 0. The van der Waals surface area contributed by atoms with E-state index in [2.05, 4.69) is 32.8 Å². The maximum absolute atomic E-state index is 5.78. The molecular weight excluding hydrogens is 156 g/mol. The third-order valence-electron chi connectivity index (χ3n) is 1.31. The summed E-state index contributed by atoms with van der Waals surface area (Å²) in [5.74, 6) is 0. The van der Waals surface area contributed by atoms with Crippen LogP contribution in [0.4, 0.5) is 0 Å². The van der Waals surface area contributed by atoms with Crippen molar-refractivity contribution in [2.45, 2.75) is 19.6 Å². The Bertz CT molecular complexity index is 132. The summed E-state index contributed by atoms with van der Waals surface area (Å²) in [5.41, 5.74) is 3.90. The molecule has 1 atom stereocenters. The molecule has 0 spiro atoms. The predicted octanol–water partition coefficient (Wildman–Crippen LogP) is 2.01. The van der Waals surface area contributed by atoms with E-state index >= 15 is 0 Å². The molecule has 3 heteroatoms. The van der Waals surface area contributed by atoms with Crippen LogP contribution in [0.2, 0.25) is 19.6 Å². The molecule has 0 aromatic rings. The van der Waals surface area contributed by atoms with Crippen LogP contribution in [0, 0.1) is 0 Å². The Morgan fingerprint density at radius 3 is 2.20 bits per heavy atom. The highest BCUT2D eigenvalue weighted by atomic mass is 28.4. The fourth-order valence-corrected chi connectivity index (χ4v) is 5.18. The molecule has 0 saturated carbocycles. The summed E-state index contributed by atoms with van der Waals surface area (Å²) < 4.78 is 5.78. The zero-order valence-corrected chi connectivity index (χ0v) is 9.21. The van der Waals surface area contributed by atoms with Crippen molar-refractivity contribution in [3.63, 3.8) is 0 Å². The first kappa shape index (κ1) is 9.87. The van der Waals surface area contributed by atoms with E-state index in [9.17, 15) is 0 Å². The van der Waals surface area contributed by atoms with Crippen LogP contribution in [0.15, 0.2) is 24.6 Å². The number of hydrogen-bond acceptors (Lipinski definition) is 1. The SMILES string of the molecule is C=C[SiH](C)O[Si](C)(C)C=C. The summed E-state index contributed by atoms with van der Waals surface area (Å²) in [5, 5.41) is 0. The topological polar surface area (TPSA) is 9.23 Å². The number of hydrogen-bond donors (Lipinski definition) is 0. The van der Waals surface area contributed by atoms with Crippen molar-refractivity contribution in [2.24, 2.45) is 0 Å². The van der Waals surface area contributed by atoms with Gasteiger partial charge < -0.3 is 4.12 Å². The average molecular weight is 172 g/mol. The Labute approximate surface area is 66.3 Å². The van der Waals surface area contributed by atoms with E-state index in [-0.39, 0.29) is 0 Å². The van der Waals surface area contributed by atoms with Gasteiger partial charge in [0.05, 0.1) is 0 Å². The Morgan fingerprint density at radius 1 is 1.40 bits per heavy atom. The highest BCUT2D eigenvalue weighted by Gasteiger charge is 2.18. The van der Waals surface area contributed by atoms with Gasteiger partial charge in [0, 0.05) is 0 Å². The van der Waals surface area contributed by atoms with Crippen LogP contribution in [0.25, 0.3) is 0 Å². The molecule has 10 heavy (non-hydrogen) atoms. The third kappa shape index (κ3) is 3.82. The predicted molar refractivity (Wildman–Crippen MR) is 52.0 cm³/mol. The second kappa shape index (κ2) is 3.90. The molecule has 1 unspecified atom stereocenters. The molecular formula is C7H16OSi2. The second-order valence-electron chi connectivity index (χ2n) is 2.87. The molecule has 0 radical (unpaired) electrons. The second-order valence-corrected chi connectivity index (χ2v) is 9.31. The number of rotatable bonds is 4. The molecule has 0 aliphatic rings. The van der Waals surface area contributed by atoms with E-state index in [1.165, 1.54) is 0 Å². The molecule has 0 aromatic carbocycles.